The van der Waals surface area contributed by atoms with Crippen LogP contribution < -0.4 is 10.2 Å². The van der Waals surface area contributed by atoms with Gasteiger partial charge in [0, 0.05) is 38.5 Å². The molecule has 21 heavy (non-hydrogen) atoms. The lowest BCUT2D eigenvalue weighted by Crippen LogP contribution is -2.38. The van der Waals surface area contributed by atoms with Gasteiger partial charge >= 0.3 is 0 Å². The fourth-order valence-corrected chi connectivity index (χ4v) is 3.36. The van der Waals surface area contributed by atoms with Gasteiger partial charge < -0.3 is 15.0 Å². The largest absolute Gasteiger partial charge is 0.384 e. The summed E-state index contributed by atoms with van der Waals surface area (Å²) >= 11 is 0. The van der Waals surface area contributed by atoms with Crippen LogP contribution >= 0.6 is 0 Å². The zero-order valence-corrected chi connectivity index (χ0v) is 13.4. The molecule has 1 aromatic carbocycles. The van der Waals surface area contributed by atoms with Gasteiger partial charge in [0.1, 0.15) is 0 Å². The Kier molecular flexibility index (Phi) is 4.81. The van der Waals surface area contributed by atoms with Crippen molar-refractivity contribution >= 4 is 5.69 Å². The van der Waals surface area contributed by atoms with E-state index in [1.165, 1.54) is 49.0 Å². The van der Waals surface area contributed by atoms with E-state index in [0.29, 0.717) is 5.92 Å². The molecule has 3 nitrogen and oxygen atoms in total. The molecule has 0 spiro atoms. The Morgan fingerprint density at radius 3 is 2.90 bits per heavy atom. The second kappa shape index (κ2) is 6.80. The van der Waals surface area contributed by atoms with Crippen molar-refractivity contribution < 1.29 is 4.74 Å². The van der Waals surface area contributed by atoms with Crippen molar-refractivity contribution in [1.82, 2.24) is 5.32 Å². The maximum atomic E-state index is 5.36. The summed E-state index contributed by atoms with van der Waals surface area (Å²) in [7, 11) is 1.82. The molecular formula is C18H28N2O. The predicted molar refractivity (Wildman–Crippen MR) is 87.9 cm³/mol. The Hall–Kier alpha value is -1.06. The number of piperidine rings is 1. The summed E-state index contributed by atoms with van der Waals surface area (Å²) in [6.07, 6.45) is 5.27. The minimum absolute atomic E-state index is 0.675. The molecule has 1 heterocycles. The highest BCUT2D eigenvalue weighted by Gasteiger charge is 2.23. The summed E-state index contributed by atoms with van der Waals surface area (Å²) in [4.78, 5) is 2.57. The summed E-state index contributed by atoms with van der Waals surface area (Å²) < 4.78 is 5.36. The first-order valence-corrected chi connectivity index (χ1v) is 8.33. The minimum Gasteiger partial charge on any atom is -0.384 e. The summed E-state index contributed by atoms with van der Waals surface area (Å²) in [5.74, 6) is 0.675. The predicted octanol–water partition coefficient (Wildman–Crippen LogP) is 3.11. The summed E-state index contributed by atoms with van der Waals surface area (Å²) in [6, 6.07) is 7.68. The average Bonchev–Trinajstić information content (AvgIpc) is 3.30. The number of rotatable bonds is 6. The van der Waals surface area contributed by atoms with E-state index in [-0.39, 0.29) is 0 Å². The Balaban J connectivity index is 1.72. The third-order valence-corrected chi connectivity index (χ3v) is 4.66. The highest BCUT2D eigenvalue weighted by atomic mass is 16.5. The first-order chi connectivity index (χ1) is 10.3. The molecule has 116 valence electrons. The van der Waals surface area contributed by atoms with Crippen LogP contribution in [0.4, 0.5) is 5.69 Å². The number of nitrogens with one attached hydrogen (secondary N) is 1. The zero-order chi connectivity index (χ0) is 14.7. The molecule has 2 aliphatic rings. The van der Waals surface area contributed by atoms with E-state index in [1.54, 1.807) is 0 Å². The van der Waals surface area contributed by atoms with E-state index < -0.39 is 0 Å². The van der Waals surface area contributed by atoms with Gasteiger partial charge in [0.2, 0.25) is 0 Å². The molecule has 1 atom stereocenters. The van der Waals surface area contributed by atoms with Crippen LogP contribution in [0, 0.1) is 12.8 Å². The zero-order valence-electron chi connectivity index (χ0n) is 13.4. The van der Waals surface area contributed by atoms with Crippen LogP contribution in [0.25, 0.3) is 0 Å². The van der Waals surface area contributed by atoms with E-state index >= 15 is 0 Å². The molecule has 0 radical (unpaired) electrons. The Morgan fingerprint density at radius 2 is 2.14 bits per heavy atom. The van der Waals surface area contributed by atoms with E-state index in [4.69, 9.17) is 4.74 Å². The van der Waals surface area contributed by atoms with Crippen LogP contribution in [0.1, 0.15) is 36.8 Å². The molecule has 0 amide bonds. The lowest BCUT2D eigenvalue weighted by molar-refractivity contribution is 0.143. The van der Waals surface area contributed by atoms with Gasteiger partial charge in [-0.15, -0.1) is 0 Å². The standard InChI is InChI=1S/C18H28N2O/c1-14-5-8-18(16(10-14)11-19-17-6-7-17)20-9-3-4-15(12-20)13-21-2/h5,8,10,15,17,19H,3-4,6-7,9,11-13H2,1-2H3. The average molecular weight is 288 g/mol. The number of hydrogen-bond donors (Lipinski definition) is 1. The maximum absolute atomic E-state index is 5.36. The van der Waals surface area contributed by atoms with Crippen molar-refractivity contribution in [2.24, 2.45) is 5.92 Å². The molecular weight excluding hydrogens is 260 g/mol. The SMILES string of the molecule is COCC1CCCN(c2ccc(C)cc2CNC2CC2)C1. The van der Waals surface area contributed by atoms with Gasteiger partial charge in [-0.3, -0.25) is 0 Å². The molecule has 1 unspecified atom stereocenters. The number of anilines is 1. The molecule has 2 fully saturated rings. The topological polar surface area (TPSA) is 24.5 Å². The van der Waals surface area contributed by atoms with Gasteiger partial charge in [-0.05, 0) is 50.2 Å². The molecule has 3 heteroatoms. The third-order valence-electron chi connectivity index (χ3n) is 4.66. The van der Waals surface area contributed by atoms with Gasteiger partial charge in [-0.1, -0.05) is 17.7 Å². The lowest BCUT2D eigenvalue weighted by atomic mass is 9.97. The van der Waals surface area contributed by atoms with Crippen LogP contribution in [0.3, 0.4) is 0 Å². The molecule has 1 aliphatic carbocycles. The molecule has 0 aromatic heterocycles. The highest BCUT2D eigenvalue weighted by Crippen LogP contribution is 2.28. The van der Waals surface area contributed by atoms with Crippen molar-refractivity contribution in [1.29, 1.82) is 0 Å². The normalized spacial score (nSPS) is 22.6. The number of hydrogen-bond acceptors (Lipinski definition) is 3. The van der Waals surface area contributed by atoms with Gasteiger partial charge in [0.25, 0.3) is 0 Å². The Bertz CT molecular complexity index is 468. The van der Waals surface area contributed by atoms with Crippen molar-refractivity contribution in [2.75, 3.05) is 31.7 Å². The fraction of sp³-hybridized carbons (Fsp3) is 0.667. The highest BCUT2D eigenvalue weighted by molar-refractivity contribution is 5.55. The van der Waals surface area contributed by atoms with E-state index in [2.05, 4.69) is 35.3 Å². The van der Waals surface area contributed by atoms with Crippen molar-refractivity contribution in [2.45, 2.75) is 45.2 Å². The molecule has 1 aliphatic heterocycles. The molecule has 1 saturated carbocycles. The fourth-order valence-electron chi connectivity index (χ4n) is 3.36. The summed E-state index contributed by atoms with van der Waals surface area (Å²) in [6.45, 7) is 6.40. The summed E-state index contributed by atoms with van der Waals surface area (Å²) in [5, 5.41) is 3.66. The van der Waals surface area contributed by atoms with E-state index in [0.717, 1.165) is 25.7 Å². The molecule has 3 rings (SSSR count). The van der Waals surface area contributed by atoms with Gasteiger partial charge in [0.15, 0.2) is 0 Å². The number of benzene rings is 1. The van der Waals surface area contributed by atoms with Crippen LogP contribution in [0.2, 0.25) is 0 Å². The molecule has 1 saturated heterocycles. The Morgan fingerprint density at radius 1 is 1.29 bits per heavy atom. The van der Waals surface area contributed by atoms with Gasteiger partial charge in [0.05, 0.1) is 6.61 Å². The third kappa shape index (κ3) is 3.98. The Labute approximate surface area is 128 Å². The van der Waals surface area contributed by atoms with Crippen molar-refractivity contribution in [3.05, 3.63) is 29.3 Å². The second-order valence-electron chi connectivity index (χ2n) is 6.70. The van der Waals surface area contributed by atoms with E-state index in [9.17, 15) is 0 Å². The minimum atomic E-state index is 0.675. The molecule has 1 N–H and O–H groups in total. The summed E-state index contributed by atoms with van der Waals surface area (Å²) in [5.41, 5.74) is 4.24. The first kappa shape index (κ1) is 14.9. The second-order valence-corrected chi connectivity index (χ2v) is 6.70. The van der Waals surface area contributed by atoms with Gasteiger partial charge in [-0.2, -0.15) is 0 Å². The smallest absolute Gasteiger partial charge is 0.0507 e. The van der Waals surface area contributed by atoms with Crippen molar-refractivity contribution in [3.8, 4) is 0 Å². The van der Waals surface area contributed by atoms with Gasteiger partial charge in [-0.25, -0.2) is 0 Å². The van der Waals surface area contributed by atoms with Crippen LogP contribution in [0.15, 0.2) is 18.2 Å². The number of ether oxygens (including phenoxy) is 1. The number of nitrogens with zero attached hydrogens (tertiary/aromatic N) is 1. The van der Waals surface area contributed by atoms with Crippen LogP contribution in [-0.4, -0.2) is 32.8 Å². The van der Waals surface area contributed by atoms with Crippen LogP contribution in [-0.2, 0) is 11.3 Å². The maximum Gasteiger partial charge on any atom is 0.0507 e. The van der Waals surface area contributed by atoms with E-state index in [1.807, 2.05) is 7.11 Å². The first-order valence-electron chi connectivity index (χ1n) is 8.33. The van der Waals surface area contributed by atoms with Crippen LogP contribution in [0.5, 0.6) is 0 Å². The lowest BCUT2D eigenvalue weighted by Gasteiger charge is -2.35. The molecule has 1 aromatic rings. The van der Waals surface area contributed by atoms with Crippen molar-refractivity contribution in [3.63, 3.8) is 0 Å². The number of methoxy groups -OCH3 is 1. The number of aryl methyl sites for hydroxylation is 1. The molecule has 0 bridgehead atoms. The monoisotopic (exact) mass is 288 g/mol. The quantitative estimate of drug-likeness (QED) is 0.870.